The van der Waals surface area contributed by atoms with Gasteiger partial charge in [0, 0.05) is 12.3 Å². The number of hydrogen-bond donors (Lipinski definition) is 0. The first-order valence-corrected chi connectivity index (χ1v) is 6.27. The molecule has 0 saturated heterocycles. The van der Waals surface area contributed by atoms with Crippen LogP contribution in [0.3, 0.4) is 0 Å². The van der Waals surface area contributed by atoms with Crippen LogP contribution < -0.4 is 0 Å². The molecule has 0 amide bonds. The maximum atomic E-state index is 12.1. The highest BCUT2D eigenvalue weighted by Gasteiger charge is 2.67. The van der Waals surface area contributed by atoms with Crippen LogP contribution in [0.5, 0.6) is 0 Å². The lowest BCUT2D eigenvalue weighted by Crippen LogP contribution is -2.11. The van der Waals surface area contributed by atoms with Gasteiger partial charge in [0.1, 0.15) is 5.78 Å². The minimum Gasteiger partial charge on any atom is -0.299 e. The molecule has 1 heteroatoms. The average Bonchev–Trinajstić information content (AvgIpc) is 2.42. The summed E-state index contributed by atoms with van der Waals surface area (Å²) in [6.45, 7) is 13.3. The lowest BCUT2D eigenvalue weighted by Gasteiger charge is -2.09. The maximum Gasteiger partial charge on any atom is 0.137 e. The molecule has 1 saturated carbocycles. The average molecular weight is 210 g/mol. The largest absolute Gasteiger partial charge is 0.299 e. The second-order valence-corrected chi connectivity index (χ2v) is 6.44. The van der Waals surface area contributed by atoms with E-state index in [2.05, 4.69) is 41.5 Å². The molecule has 1 nitrogen and oxygen atoms in total. The molecule has 0 aromatic heterocycles. The van der Waals surface area contributed by atoms with Gasteiger partial charge in [0.15, 0.2) is 0 Å². The first kappa shape index (κ1) is 12.7. The Morgan fingerprint density at radius 2 is 1.67 bits per heavy atom. The lowest BCUT2D eigenvalue weighted by molar-refractivity contribution is -0.122. The zero-order chi connectivity index (χ0) is 11.9. The van der Waals surface area contributed by atoms with Crippen LogP contribution in [0.2, 0.25) is 0 Å². The van der Waals surface area contributed by atoms with Crippen molar-refractivity contribution in [1.29, 1.82) is 0 Å². The summed E-state index contributed by atoms with van der Waals surface area (Å²) >= 11 is 0. The van der Waals surface area contributed by atoms with Crippen LogP contribution in [-0.2, 0) is 4.79 Å². The van der Waals surface area contributed by atoms with Gasteiger partial charge in [-0.2, -0.15) is 0 Å². The Balaban J connectivity index is 2.51. The van der Waals surface area contributed by atoms with E-state index in [0.29, 0.717) is 17.6 Å². The van der Waals surface area contributed by atoms with Gasteiger partial charge >= 0.3 is 0 Å². The Morgan fingerprint density at radius 3 is 2.00 bits per heavy atom. The number of carbonyl (C=O) groups excluding carboxylic acids is 1. The van der Waals surface area contributed by atoms with E-state index in [1.54, 1.807) is 0 Å². The molecule has 88 valence electrons. The molecule has 0 aliphatic heterocycles. The van der Waals surface area contributed by atoms with E-state index in [9.17, 15) is 4.79 Å². The summed E-state index contributed by atoms with van der Waals surface area (Å²) in [5, 5.41) is 0. The second-order valence-electron chi connectivity index (χ2n) is 6.44. The molecule has 0 aromatic rings. The molecular weight excluding hydrogens is 184 g/mol. The van der Waals surface area contributed by atoms with Crippen molar-refractivity contribution in [3.63, 3.8) is 0 Å². The van der Waals surface area contributed by atoms with Gasteiger partial charge in [-0.15, -0.1) is 0 Å². The SMILES string of the molecule is CCCC(C)CC(=O)C1C(C)(C)C1(C)C. The first-order chi connectivity index (χ1) is 6.75. The fraction of sp³-hybridized carbons (Fsp3) is 0.929. The second kappa shape index (κ2) is 3.92. The van der Waals surface area contributed by atoms with Crippen LogP contribution in [0.4, 0.5) is 0 Å². The number of ketones is 1. The monoisotopic (exact) mass is 210 g/mol. The Kier molecular flexibility index (Phi) is 3.33. The number of Topliss-reactive ketones (excluding diaryl/α,β-unsaturated/α-hetero) is 1. The summed E-state index contributed by atoms with van der Waals surface area (Å²) in [7, 11) is 0. The molecule has 0 bridgehead atoms. The lowest BCUT2D eigenvalue weighted by atomic mass is 9.95. The van der Waals surface area contributed by atoms with Gasteiger partial charge in [-0.3, -0.25) is 4.79 Å². The highest BCUT2D eigenvalue weighted by Crippen LogP contribution is 2.69. The van der Waals surface area contributed by atoms with Crippen LogP contribution in [0.15, 0.2) is 0 Å². The molecule has 0 N–H and O–H groups in total. The van der Waals surface area contributed by atoms with Crippen molar-refractivity contribution in [2.45, 2.75) is 60.8 Å². The van der Waals surface area contributed by atoms with Crippen molar-refractivity contribution < 1.29 is 4.79 Å². The zero-order valence-electron chi connectivity index (χ0n) is 11.2. The van der Waals surface area contributed by atoms with Crippen molar-refractivity contribution in [2.24, 2.45) is 22.7 Å². The predicted octanol–water partition coefficient (Wildman–Crippen LogP) is 4.06. The van der Waals surface area contributed by atoms with E-state index in [-0.39, 0.29) is 10.8 Å². The molecule has 0 spiro atoms. The summed E-state index contributed by atoms with van der Waals surface area (Å²) in [6.07, 6.45) is 3.15. The number of hydrogen-bond acceptors (Lipinski definition) is 1. The molecular formula is C14H26O. The Morgan fingerprint density at radius 1 is 1.20 bits per heavy atom. The maximum absolute atomic E-state index is 12.1. The quantitative estimate of drug-likeness (QED) is 0.668. The molecule has 1 fully saturated rings. The fourth-order valence-electron chi connectivity index (χ4n) is 3.06. The van der Waals surface area contributed by atoms with Gasteiger partial charge < -0.3 is 0 Å². The van der Waals surface area contributed by atoms with E-state index in [1.165, 1.54) is 12.8 Å². The summed E-state index contributed by atoms with van der Waals surface area (Å²) in [5.41, 5.74) is 0.437. The van der Waals surface area contributed by atoms with Gasteiger partial charge in [0.2, 0.25) is 0 Å². The van der Waals surface area contributed by atoms with Gasteiger partial charge in [-0.1, -0.05) is 54.4 Å². The minimum atomic E-state index is 0.218. The Labute approximate surface area is 94.6 Å². The molecule has 1 aliphatic carbocycles. The summed E-state index contributed by atoms with van der Waals surface area (Å²) < 4.78 is 0. The molecule has 1 rings (SSSR count). The first-order valence-electron chi connectivity index (χ1n) is 6.27. The van der Waals surface area contributed by atoms with E-state index in [0.717, 1.165) is 6.42 Å². The molecule has 15 heavy (non-hydrogen) atoms. The van der Waals surface area contributed by atoms with Crippen LogP contribution in [0, 0.1) is 22.7 Å². The smallest absolute Gasteiger partial charge is 0.137 e. The van der Waals surface area contributed by atoms with Crippen molar-refractivity contribution in [1.82, 2.24) is 0 Å². The van der Waals surface area contributed by atoms with Crippen LogP contribution in [-0.4, -0.2) is 5.78 Å². The van der Waals surface area contributed by atoms with Crippen LogP contribution in [0.1, 0.15) is 60.8 Å². The summed E-state index contributed by atoms with van der Waals surface area (Å²) in [4.78, 5) is 12.1. The van der Waals surface area contributed by atoms with Gasteiger partial charge in [-0.05, 0) is 16.7 Å². The van der Waals surface area contributed by atoms with Gasteiger partial charge in [-0.25, -0.2) is 0 Å². The number of rotatable bonds is 5. The highest BCUT2D eigenvalue weighted by molar-refractivity contribution is 5.86. The zero-order valence-corrected chi connectivity index (χ0v) is 11.2. The van der Waals surface area contributed by atoms with Gasteiger partial charge in [0.05, 0.1) is 0 Å². The molecule has 0 aromatic carbocycles. The van der Waals surface area contributed by atoms with E-state index < -0.39 is 0 Å². The van der Waals surface area contributed by atoms with Crippen molar-refractivity contribution in [3.8, 4) is 0 Å². The van der Waals surface area contributed by atoms with E-state index in [1.807, 2.05) is 0 Å². The third kappa shape index (κ3) is 2.11. The minimum absolute atomic E-state index is 0.218. The summed E-state index contributed by atoms with van der Waals surface area (Å²) in [5.74, 6) is 1.35. The molecule has 1 atom stereocenters. The topological polar surface area (TPSA) is 17.1 Å². The van der Waals surface area contributed by atoms with Crippen molar-refractivity contribution >= 4 is 5.78 Å². The predicted molar refractivity (Wildman–Crippen MR) is 64.7 cm³/mol. The Bertz CT molecular complexity index is 236. The fourth-order valence-corrected chi connectivity index (χ4v) is 3.06. The number of carbonyl (C=O) groups is 1. The molecule has 0 radical (unpaired) electrons. The third-order valence-corrected chi connectivity index (χ3v) is 4.67. The van der Waals surface area contributed by atoms with Crippen LogP contribution >= 0.6 is 0 Å². The molecule has 0 heterocycles. The van der Waals surface area contributed by atoms with E-state index in [4.69, 9.17) is 0 Å². The van der Waals surface area contributed by atoms with Gasteiger partial charge in [0.25, 0.3) is 0 Å². The standard InChI is InChI=1S/C14H26O/c1-7-8-10(2)9-11(15)12-13(3,4)14(12,5)6/h10,12H,7-9H2,1-6H3. The molecule has 1 unspecified atom stereocenters. The molecule has 1 aliphatic rings. The Hall–Kier alpha value is -0.330. The third-order valence-electron chi connectivity index (χ3n) is 4.67. The normalized spacial score (nSPS) is 24.9. The van der Waals surface area contributed by atoms with Crippen molar-refractivity contribution in [3.05, 3.63) is 0 Å². The van der Waals surface area contributed by atoms with Crippen molar-refractivity contribution in [2.75, 3.05) is 0 Å². The van der Waals surface area contributed by atoms with E-state index >= 15 is 0 Å². The van der Waals surface area contributed by atoms with Crippen LogP contribution in [0.25, 0.3) is 0 Å². The summed E-state index contributed by atoms with van der Waals surface area (Å²) in [6, 6.07) is 0. The highest BCUT2D eigenvalue weighted by atomic mass is 16.1.